The number of carbonyl (C=O) groups is 1. The van der Waals surface area contributed by atoms with Crippen molar-refractivity contribution in [2.24, 2.45) is 7.05 Å². The Balaban J connectivity index is 1.50. The minimum Gasteiger partial charge on any atom is -0.366 e. The monoisotopic (exact) mass is 381 g/mol. The Labute approximate surface area is 159 Å². The summed E-state index contributed by atoms with van der Waals surface area (Å²) in [6.07, 6.45) is 1.85. The maximum absolute atomic E-state index is 12.5. The van der Waals surface area contributed by atoms with Crippen LogP contribution in [-0.4, -0.2) is 30.1 Å². The third-order valence-corrected chi connectivity index (χ3v) is 5.55. The maximum atomic E-state index is 12.5. The zero-order valence-electron chi connectivity index (χ0n) is 15.2. The van der Waals surface area contributed by atoms with Crippen LogP contribution in [0.1, 0.15) is 26.9 Å². The second-order valence-electron chi connectivity index (χ2n) is 6.32. The molecule has 0 atom stereocenters. The number of nitrogens with one attached hydrogen (secondary N) is 1. The lowest BCUT2D eigenvalue weighted by molar-refractivity contribution is 0.0954. The molecule has 0 saturated carbocycles. The van der Waals surface area contributed by atoms with Gasteiger partial charge in [-0.05, 0) is 43.0 Å². The van der Waals surface area contributed by atoms with Crippen LogP contribution in [0.3, 0.4) is 0 Å². The van der Waals surface area contributed by atoms with E-state index in [4.69, 9.17) is 5.73 Å². The van der Waals surface area contributed by atoms with Gasteiger partial charge in [0, 0.05) is 24.5 Å². The highest BCUT2D eigenvalue weighted by Gasteiger charge is 2.13. The number of hydrogen-bond donors (Lipinski definition) is 2. The fourth-order valence-corrected chi connectivity index (χ4v) is 3.72. The molecule has 3 N–H and O–H groups in total. The summed E-state index contributed by atoms with van der Waals surface area (Å²) in [4.78, 5) is 21.7. The Morgan fingerprint density at radius 1 is 1.26 bits per heavy atom. The molecule has 0 fully saturated rings. The molecule has 0 spiro atoms. The largest absolute Gasteiger partial charge is 0.366 e. The predicted octanol–water partition coefficient (Wildman–Crippen LogP) is 2.32. The Kier molecular flexibility index (Phi) is 4.15. The molecule has 4 aromatic heterocycles. The van der Waals surface area contributed by atoms with Gasteiger partial charge in [-0.3, -0.25) is 4.79 Å². The molecule has 0 aromatic carbocycles. The van der Waals surface area contributed by atoms with Crippen molar-refractivity contribution in [3.8, 4) is 11.1 Å². The molecule has 0 radical (unpaired) electrons. The van der Waals surface area contributed by atoms with Crippen LogP contribution in [0.15, 0.2) is 29.8 Å². The predicted molar refractivity (Wildman–Crippen MR) is 105 cm³/mol. The van der Waals surface area contributed by atoms with Crippen molar-refractivity contribution >= 4 is 28.8 Å². The van der Waals surface area contributed by atoms with Gasteiger partial charge in [0.2, 0.25) is 5.95 Å². The first-order chi connectivity index (χ1) is 12.9. The fraction of sp³-hybridized carbons (Fsp3) is 0.222. The third kappa shape index (κ3) is 3.17. The van der Waals surface area contributed by atoms with Crippen molar-refractivity contribution in [1.29, 1.82) is 0 Å². The van der Waals surface area contributed by atoms with Gasteiger partial charge < -0.3 is 15.6 Å². The van der Waals surface area contributed by atoms with Gasteiger partial charge in [0.05, 0.1) is 17.1 Å². The van der Waals surface area contributed by atoms with Crippen LogP contribution < -0.4 is 11.1 Å². The molecule has 138 valence electrons. The lowest BCUT2D eigenvalue weighted by Crippen LogP contribution is -2.22. The van der Waals surface area contributed by atoms with Gasteiger partial charge in [0.25, 0.3) is 5.91 Å². The lowest BCUT2D eigenvalue weighted by atomic mass is 10.1. The number of anilines is 1. The molecule has 0 unspecified atom stereocenters. The smallest absolute Gasteiger partial charge is 0.261 e. The molecular formula is C18H19N7OS. The minimum atomic E-state index is -0.111. The number of aryl methyl sites for hydroxylation is 1. The molecule has 0 aliphatic rings. The quantitative estimate of drug-likeness (QED) is 0.565. The van der Waals surface area contributed by atoms with E-state index in [-0.39, 0.29) is 11.9 Å². The highest BCUT2D eigenvalue weighted by Crippen LogP contribution is 2.26. The summed E-state index contributed by atoms with van der Waals surface area (Å²) < 4.78 is 3.64. The van der Waals surface area contributed by atoms with Gasteiger partial charge in [0.15, 0.2) is 5.65 Å². The Bertz CT molecular complexity index is 1150. The number of aromatic nitrogens is 5. The average molecular weight is 381 g/mol. The standard InChI is InChI=1S/C18H19N7OS/c1-10-14(21-11(2)24(10)3)7-20-17(26)15-6-13(9-27-15)12-4-5-16-22-18(19)23-25(16)8-12/h4-6,8-9H,7H2,1-3H3,(H2,19,23)(H,20,26). The van der Waals surface area contributed by atoms with Crippen molar-refractivity contribution in [2.45, 2.75) is 20.4 Å². The van der Waals surface area contributed by atoms with Crippen LogP contribution in [0, 0.1) is 13.8 Å². The van der Waals surface area contributed by atoms with Crippen LogP contribution >= 0.6 is 11.3 Å². The second kappa shape index (κ2) is 6.51. The molecule has 8 nitrogen and oxygen atoms in total. The van der Waals surface area contributed by atoms with Crippen molar-refractivity contribution in [1.82, 2.24) is 29.5 Å². The molecule has 0 bridgehead atoms. The molecule has 1 amide bonds. The lowest BCUT2D eigenvalue weighted by Gasteiger charge is -2.03. The van der Waals surface area contributed by atoms with Crippen LogP contribution in [0.2, 0.25) is 0 Å². The van der Waals surface area contributed by atoms with Crippen LogP contribution in [0.5, 0.6) is 0 Å². The van der Waals surface area contributed by atoms with E-state index in [2.05, 4.69) is 20.4 Å². The summed E-state index contributed by atoms with van der Waals surface area (Å²) in [5.74, 6) is 1.05. The first kappa shape index (κ1) is 17.2. The van der Waals surface area contributed by atoms with E-state index in [1.54, 1.807) is 4.52 Å². The highest BCUT2D eigenvalue weighted by molar-refractivity contribution is 7.12. The average Bonchev–Trinajstić information content (AvgIpc) is 3.33. The highest BCUT2D eigenvalue weighted by atomic mass is 32.1. The molecule has 0 aliphatic carbocycles. The van der Waals surface area contributed by atoms with Crippen LogP contribution in [0.25, 0.3) is 16.8 Å². The molecule has 27 heavy (non-hydrogen) atoms. The normalized spacial score (nSPS) is 11.2. The van der Waals surface area contributed by atoms with E-state index in [9.17, 15) is 4.79 Å². The molecule has 0 aliphatic heterocycles. The minimum absolute atomic E-state index is 0.111. The summed E-state index contributed by atoms with van der Waals surface area (Å²) in [5, 5.41) is 9.02. The van der Waals surface area contributed by atoms with Gasteiger partial charge in [-0.1, -0.05) is 0 Å². The molecular weight excluding hydrogens is 362 g/mol. The number of hydrogen-bond acceptors (Lipinski definition) is 6. The maximum Gasteiger partial charge on any atom is 0.261 e. The Morgan fingerprint density at radius 2 is 2.07 bits per heavy atom. The van der Waals surface area contributed by atoms with Gasteiger partial charge >= 0.3 is 0 Å². The number of carbonyl (C=O) groups excluding carboxylic acids is 1. The first-order valence-corrected chi connectivity index (χ1v) is 9.28. The van der Waals surface area contributed by atoms with Crippen molar-refractivity contribution in [3.05, 3.63) is 51.9 Å². The Morgan fingerprint density at radius 3 is 2.81 bits per heavy atom. The summed E-state index contributed by atoms with van der Waals surface area (Å²) in [5.41, 5.74) is 10.1. The molecule has 4 rings (SSSR count). The molecule has 4 aromatic rings. The number of fused-ring (bicyclic) bond motifs is 1. The number of thiophene rings is 1. The van der Waals surface area contributed by atoms with E-state index in [1.165, 1.54) is 11.3 Å². The van der Waals surface area contributed by atoms with Crippen LogP contribution in [-0.2, 0) is 13.6 Å². The molecule has 4 heterocycles. The first-order valence-electron chi connectivity index (χ1n) is 8.40. The van der Waals surface area contributed by atoms with Crippen molar-refractivity contribution < 1.29 is 4.79 Å². The van der Waals surface area contributed by atoms with Crippen molar-refractivity contribution in [2.75, 3.05) is 5.73 Å². The molecule has 9 heteroatoms. The second-order valence-corrected chi connectivity index (χ2v) is 7.23. The van der Waals surface area contributed by atoms with E-state index < -0.39 is 0 Å². The SMILES string of the molecule is Cc1nc(CNC(=O)c2cc(-c3ccc4nc(N)nn4c3)cs2)c(C)n1C. The zero-order chi connectivity index (χ0) is 19.1. The zero-order valence-corrected chi connectivity index (χ0v) is 16.0. The topological polar surface area (TPSA) is 103 Å². The van der Waals surface area contributed by atoms with Gasteiger partial charge in [-0.25, -0.2) is 9.50 Å². The summed E-state index contributed by atoms with van der Waals surface area (Å²) in [6.45, 7) is 4.35. The van der Waals surface area contributed by atoms with E-state index >= 15 is 0 Å². The van der Waals surface area contributed by atoms with Gasteiger partial charge in [-0.15, -0.1) is 16.4 Å². The number of rotatable bonds is 4. The van der Waals surface area contributed by atoms with E-state index in [0.717, 1.165) is 28.3 Å². The van der Waals surface area contributed by atoms with E-state index in [1.807, 2.05) is 55.2 Å². The number of amides is 1. The third-order valence-electron chi connectivity index (χ3n) is 4.62. The van der Waals surface area contributed by atoms with Crippen LogP contribution in [0.4, 0.5) is 5.95 Å². The molecule has 0 saturated heterocycles. The number of imidazole rings is 1. The Hall–Kier alpha value is -3.20. The summed E-state index contributed by atoms with van der Waals surface area (Å²) in [6, 6.07) is 5.66. The fourth-order valence-electron chi connectivity index (χ4n) is 2.88. The number of nitrogens with two attached hydrogens (primary N) is 1. The summed E-state index contributed by atoms with van der Waals surface area (Å²) >= 11 is 1.40. The number of nitrogens with zero attached hydrogens (tertiary/aromatic N) is 5. The summed E-state index contributed by atoms with van der Waals surface area (Å²) in [7, 11) is 1.97. The number of pyridine rings is 1. The van der Waals surface area contributed by atoms with Crippen molar-refractivity contribution in [3.63, 3.8) is 0 Å². The van der Waals surface area contributed by atoms with Gasteiger partial charge in [-0.2, -0.15) is 4.98 Å². The van der Waals surface area contributed by atoms with E-state index in [0.29, 0.717) is 17.1 Å². The van der Waals surface area contributed by atoms with Gasteiger partial charge in [0.1, 0.15) is 5.82 Å². The number of nitrogen functional groups attached to an aromatic ring is 1.